The highest BCUT2D eigenvalue weighted by Crippen LogP contribution is 2.16. The van der Waals surface area contributed by atoms with Crippen LogP contribution in [-0.4, -0.2) is 12.6 Å². The van der Waals surface area contributed by atoms with Crippen LogP contribution in [-0.2, 0) is 4.84 Å². The molecule has 0 saturated carbocycles. The lowest BCUT2D eigenvalue weighted by Gasteiger charge is -2.08. The van der Waals surface area contributed by atoms with Crippen molar-refractivity contribution in [2.45, 2.75) is 6.92 Å². The summed E-state index contributed by atoms with van der Waals surface area (Å²) in [6.07, 6.45) is -0.532. The van der Waals surface area contributed by atoms with Crippen molar-refractivity contribution in [3.63, 3.8) is 0 Å². The number of para-hydroxylation sites is 2. The summed E-state index contributed by atoms with van der Waals surface area (Å²) >= 11 is 0. The Kier molecular flexibility index (Phi) is 3.60. The Morgan fingerprint density at radius 2 is 2.21 bits per heavy atom. The molecular formula is C9H13N3O2. The van der Waals surface area contributed by atoms with Gasteiger partial charge in [0.2, 0.25) is 0 Å². The number of hydrogen-bond donors (Lipinski definition) is 3. The van der Waals surface area contributed by atoms with Gasteiger partial charge in [-0.15, -0.1) is 0 Å². The Bertz CT molecular complexity index is 315. The van der Waals surface area contributed by atoms with Crippen LogP contribution >= 0.6 is 0 Å². The minimum Gasteiger partial charge on any atom is -0.397 e. The van der Waals surface area contributed by atoms with Crippen molar-refractivity contribution in [2.24, 2.45) is 0 Å². The first kappa shape index (κ1) is 10.2. The summed E-state index contributed by atoms with van der Waals surface area (Å²) in [5.41, 5.74) is 9.16. The third kappa shape index (κ3) is 2.85. The minimum atomic E-state index is -0.532. The van der Waals surface area contributed by atoms with Crippen molar-refractivity contribution >= 4 is 17.5 Å². The molecule has 5 heteroatoms. The Hall–Kier alpha value is -1.91. The number of rotatable bonds is 3. The molecule has 0 saturated heterocycles. The molecule has 0 spiro atoms. The van der Waals surface area contributed by atoms with Gasteiger partial charge in [0.05, 0.1) is 11.4 Å². The van der Waals surface area contributed by atoms with Crippen LogP contribution in [0, 0.1) is 0 Å². The molecule has 5 nitrogen and oxygen atoms in total. The average Bonchev–Trinajstić information content (AvgIpc) is 2.17. The summed E-state index contributed by atoms with van der Waals surface area (Å²) in [7, 11) is 0. The molecule has 0 aliphatic heterocycles. The largest absolute Gasteiger partial charge is 0.431 e. The second-order valence-electron chi connectivity index (χ2n) is 2.61. The Morgan fingerprint density at radius 1 is 1.50 bits per heavy atom. The fourth-order valence-corrected chi connectivity index (χ4v) is 0.872. The number of carbonyl (C=O) groups is 1. The van der Waals surface area contributed by atoms with Gasteiger partial charge in [-0.2, -0.15) is 0 Å². The highest BCUT2D eigenvalue weighted by atomic mass is 16.7. The predicted molar refractivity (Wildman–Crippen MR) is 54.6 cm³/mol. The van der Waals surface area contributed by atoms with Crippen molar-refractivity contribution < 1.29 is 9.63 Å². The van der Waals surface area contributed by atoms with Crippen LogP contribution in [0.3, 0.4) is 0 Å². The maximum absolute atomic E-state index is 10.9. The lowest BCUT2D eigenvalue weighted by molar-refractivity contribution is 0.170. The van der Waals surface area contributed by atoms with E-state index in [2.05, 4.69) is 15.6 Å². The highest BCUT2D eigenvalue weighted by Gasteiger charge is 2.01. The van der Waals surface area contributed by atoms with Gasteiger partial charge in [0.1, 0.15) is 0 Å². The quantitative estimate of drug-likeness (QED) is 0.502. The second-order valence-corrected chi connectivity index (χ2v) is 2.61. The molecule has 0 fully saturated rings. The van der Waals surface area contributed by atoms with E-state index < -0.39 is 6.09 Å². The lowest BCUT2D eigenvalue weighted by atomic mass is 10.3. The van der Waals surface area contributed by atoms with Crippen LogP contribution < -0.4 is 16.5 Å². The summed E-state index contributed by atoms with van der Waals surface area (Å²) in [6, 6.07) is 7.02. The standard InChI is InChI=1S/C9H13N3O2/c1-2-11-9(13)14-12-8-6-4-3-5-7(8)10/h3-6,12H,2,10H2,1H3,(H,11,13). The molecule has 0 aliphatic rings. The van der Waals surface area contributed by atoms with Gasteiger partial charge < -0.3 is 15.9 Å². The van der Waals surface area contributed by atoms with E-state index in [1.807, 2.05) is 0 Å². The van der Waals surface area contributed by atoms with Gasteiger partial charge in [-0.05, 0) is 19.1 Å². The van der Waals surface area contributed by atoms with Crippen LogP contribution in [0.2, 0.25) is 0 Å². The molecule has 1 aromatic rings. The molecule has 0 aromatic heterocycles. The van der Waals surface area contributed by atoms with Crippen LogP contribution in [0.25, 0.3) is 0 Å². The van der Waals surface area contributed by atoms with Crippen molar-refractivity contribution in [1.29, 1.82) is 0 Å². The normalized spacial score (nSPS) is 9.21. The molecular weight excluding hydrogens is 182 g/mol. The van der Waals surface area contributed by atoms with Gasteiger partial charge in [-0.1, -0.05) is 12.1 Å². The molecule has 0 aliphatic carbocycles. The molecule has 76 valence electrons. The number of benzene rings is 1. The van der Waals surface area contributed by atoms with Crippen molar-refractivity contribution in [3.05, 3.63) is 24.3 Å². The summed E-state index contributed by atoms with van der Waals surface area (Å²) in [5, 5.41) is 2.47. The van der Waals surface area contributed by atoms with E-state index in [1.54, 1.807) is 31.2 Å². The predicted octanol–water partition coefficient (Wildman–Crippen LogP) is 1.34. The number of carbonyl (C=O) groups excluding carboxylic acids is 1. The number of amides is 1. The maximum Gasteiger partial charge on any atom is 0.431 e. The second kappa shape index (κ2) is 4.96. The number of nitrogens with two attached hydrogens (primary N) is 1. The third-order valence-electron chi connectivity index (χ3n) is 1.54. The van der Waals surface area contributed by atoms with E-state index in [-0.39, 0.29) is 0 Å². The van der Waals surface area contributed by atoms with Crippen LogP contribution in [0.1, 0.15) is 6.92 Å². The zero-order chi connectivity index (χ0) is 10.4. The van der Waals surface area contributed by atoms with E-state index in [1.165, 1.54) is 0 Å². The topological polar surface area (TPSA) is 76.4 Å². The molecule has 0 atom stereocenters. The third-order valence-corrected chi connectivity index (χ3v) is 1.54. The molecule has 1 aromatic carbocycles. The summed E-state index contributed by atoms with van der Waals surface area (Å²) in [5.74, 6) is 0. The first-order valence-electron chi connectivity index (χ1n) is 4.29. The van der Waals surface area contributed by atoms with Crippen molar-refractivity contribution in [2.75, 3.05) is 17.8 Å². The number of nitrogen functional groups attached to an aromatic ring is 1. The average molecular weight is 195 g/mol. The molecule has 0 bridgehead atoms. The van der Waals surface area contributed by atoms with E-state index in [9.17, 15) is 4.79 Å². The van der Waals surface area contributed by atoms with E-state index in [0.29, 0.717) is 17.9 Å². The summed E-state index contributed by atoms with van der Waals surface area (Å²) < 4.78 is 0. The Morgan fingerprint density at radius 3 is 2.86 bits per heavy atom. The zero-order valence-electron chi connectivity index (χ0n) is 7.91. The van der Waals surface area contributed by atoms with E-state index >= 15 is 0 Å². The van der Waals surface area contributed by atoms with E-state index in [4.69, 9.17) is 5.73 Å². The first-order valence-corrected chi connectivity index (χ1v) is 4.29. The monoisotopic (exact) mass is 195 g/mol. The SMILES string of the molecule is CCNC(=O)ONc1ccccc1N. The molecule has 1 rings (SSSR count). The van der Waals surface area contributed by atoms with E-state index in [0.717, 1.165) is 0 Å². The number of anilines is 2. The van der Waals surface area contributed by atoms with Gasteiger partial charge >= 0.3 is 6.09 Å². The zero-order valence-corrected chi connectivity index (χ0v) is 7.91. The summed E-state index contributed by atoms with van der Waals surface area (Å²) in [4.78, 5) is 15.6. The maximum atomic E-state index is 10.9. The van der Waals surface area contributed by atoms with Gasteiger partial charge in [0.15, 0.2) is 0 Å². The minimum absolute atomic E-state index is 0.519. The molecule has 1 amide bonds. The van der Waals surface area contributed by atoms with Gasteiger partial charge in [0.25, 0.3) is 0 Å². The Balaban J connectivity index is 2.46. The Labute approximate surface area is 82.2 Å². The van der Waals surface area contributed by atoms with Crippen LogP contribution in [0.4, 0.5) is 16.2 Å². The van der Waals surface area contributed by atoms with Crippen LogP contribution in [0.5, 0.6) is 0 Å². The molecule has 14 heavy (non-hydrogen) atoms. The van der Waals surface area contributed by atoms with Crippen molar-refractivity contribution in [1.82, 2.24) is 5.32 Å². The number of hydrogen-bond acceptors (Lipinski definition) is 4. The first-order chi connectivity index (χ1) is 6.74. The number of nitrogens with one attached hydrogen (secondary N) is 2. The van der Waals surface area contributed by atoms with Gasteiger partial charge in [-0.3, -0.25) is 0 Å². The molecule has 0 heterocycles. The smallest absolute Gasteiger partial charge is 0.397 e. The van der Waals surface area contributed by atoms with Gasteiger partial charge in [0, 0.05) is 6.54 Å². The highest BCUT2D eigenvalue weighted by molar-refractivity contribution is 5.71. The van der Waals surface area contributed by atoms with Crippen LogP contribution in [0.15, 0.2) is 24.3 Å². The lowest BCUT2D eigenvalue weighted by Crippen LogP contribution is -2.26. The molecule has 0 unspecified atom stereocenters. The molecule has 0 radical (unpaired) electrons. The fraction of sp³-hybridized carbons (Fsp3) is 0.222. The van der Waals surface area contributed by atoms with Crippen molar-refractivity contribution in [3.8, 4) is 0 Å². The summed E-state index contributed by atoms with van der Waals surface area (Å²) in [6.45, 7) is 2.32. The van der Waals surface area contributed by atoms with Gasteiger partial charge in [-0.25, -0.2) is 10.3 Å². The molecule has 4 N–H and O–H groups in total. The fourth-order valence-electron chi connectivity index (χ4n) is 0.872.